The average molecular weight is 671 g/mol. The second kappa shape index (κ2) is 37.1. The molecular formula is C44H82N2O2. The van der Waals surface area contributed by atoms with Gasteiger partial charge in [-0.2, -0.15) is 0 Å². The van der Waals surface area contributed by atoms with Gasteiger partial charge in [0.1, 0.15) is 0 Å². The van der Waals surface area contributed by atoms with Crippen LogP contribution in [0.15, 0.2) is 48.6 Å². The number of likely N-dealkylation sites (N-methyl/N-ethyl adjacent to an activating group) is 1. The van der Waals surface area contributed by atoms with Gasteiger partial charge in [-0.25, -0.2) is 0 Å². The maximum atomic E-state index is 6.42. The Labute approximate surface area is 300 Å². The molecule has 0 saturated carbocycles. The van der Waals surface area contributed by atoms with E-state index in [1.165, 1.54) is 141 Å². The van der Waals surface area contributed by atoms with Crippen LogP contribution in [0.4, 0.5) is 0 Å². The van der Waals surface area contributed by atoms with Gasteiger partial charge in [-0.05, 0) is 84.1 Å². The summed E-state index contributed by atoms with van der Waals surface area (Å²) in [6.07, 6.45) is 49.8. The Morgan fingerprint density at radius 3 is 1.38 bits per heavy atom. The summed E-state index contributed by atoms with van der Waals surface area (Å²) in [7, 11) is 2.23. The molecule has 280 valence electrons. The molecule has 1 atom stereocenters. The Morgan fingerprint density at radius 2 is 0.896 bits per heavy atom. The van der Waals surface area contributed by atoms with Gasteiger partial charge in [0.2, 0.25) is 0 Å². The fourth-order valence-electron chi connectivity index (χ4n) is 6.22. The highest BCUT2D eigenvalue weighted by molar-refractivity contribution is 4.93. The van der Waals surface area contributed by atoms with Gasteiger partial charge in [-0.15, -0.1) is 0 Å². The molecule has 0 bridgehead atoms. The summed E-state index contributed by atoms with van der Waals surface area (Å²) in [5, 5.41) is 0. The Balaban J connectivity index is 2.05. The first-order chi connectivity index (χ1) is 23.8. The monoisotopic (exact) mass is 671 g/mol. The van der Waals surface area contributed by atoms with E-state index in [0.717, 1.165) is 65.4 Å². The topological polar surface area (TPSA) is 24.9 Å². The third-order valence-corrected chi connectivity index (χ3v) is 9.55. The maximum Gasteiger partial charge on any atom is 0.0934 e. The van der Waals surface area contributed by atoms with E-state index in [1.807, 2.05) is 0 Å². The van der Waals surface area contributed by atoms with Crippen molar-refractivity contribution in [3.05, 3.63) is 48.6 Å². The Hall–Kier alpha value is -1.20. The minimum atomic E-state index is 0.205. The zero-order valence-corrected chi connectivity index (χ0v) is 32.5. The zero-order valence-electron chi connectivity index (χ0n) is 32.5. The SMILES string of the molecule is CCCCCC=CCC=CCCCCCCCCOC[C@H](CN1CCN(C)CC1)OCCCCCCCCC=CCC=CCCCCC. The van der Waals surface area contributed by atoms with Crippen molar-refractivity contribution >= 4 is 0 Å². The predicted octanol–water partition coefficient (Wildman–Crippen LogP) is 12.3. The summed E-state index contributed by atoms with van der Waals surface area (Å²) >= 11 is 0. The molecule has 0 aliphatic carbocycles. The third-order valence-electron chi connectivity index (χ3n) is 9.55. The van der Waals surface area contributed by atoms with Crippen molar-refractivity contribution < 1.29 is 9.47 Å². The molecule has 4 nitrogen and oxygen atoms in total. The number of rotatable bonds is 35. The number of hydrogen-bond acceptors (Lipinski definition) is 4. The van der Waals surface area contributed by atoms with Crippen LogP contribution in [0.3, 0.4) is 0 Å². The molecule has 1 rings (SSSR count). The highest BCUT2D eigenvalue weighted by atomic mass is 16.5. The van der Waals surface area contributed by atoms with Crippen LogP contribution in [0.5, 0.6) is 0 Å². The molecular weight excluding hydrogens is 588 g/mol. The molecule has 1 saturated heterocycles. The number of unbranched alkanes of at least 4 members (excludes halogenated alkanes) is 18. The summed E-state index contributed by atoms with van der Waals surface area (Å²) in [6.45, 7) is 12.7. The van der Waals surface area contributed by atoms with Gasteiger partial charge in [-0.1, -0.05) is 140 Å². The minimum absolute atomic E-state index is 0.205. The highest BCUT2D eigenvalue weighted by Crippen LogP contribution is 2.12. The lowest BCUT2D eigenvalue weighted by molar-refractivity contribution is -0.0388. The van der Waals surface area contributed by atoms with E-state index in [0.29, 0.717) is 0 Å². The van der Waals surface area contributed by atoms with Gasteiger partial charge in [0, 0.05) is 45.9 Å². The third kappa shape index (κ3) is 32.0. The first-order valence-corrected chi connectivity index (χ1v) is 21.0. The molecule has 0 aromatic rings. The Bertz CT molecular complexity index is 753. The molecule has 1 aliphatic rings. The van der Waals surface area contributed by atoms with E-state index < -0.39 is 0 Å². The highest BCUT2D eigenvalue weighted by Gasteiger charge is 2.19. The molecule has 0 aromatic carbocycles. The number of ether oxygens (including phenoxy) is 2. The summed E-state index contributed by atoms with van der Waals surface area (Å²) in [6, 6.07) is 0. The second-order valence-electron chi connectivity index (χ2n) is 14.3. The van der Waals surface area contributed by atoms with Crippen molar-refractivity contribution in [1.82, 2.24) is 9.80 Å². The summed E-state index contributed by atoms with van der Waals surface area (Å²) in [5.41, 5.74) is 0. The van der Waals surface area contributed by atoms with Crippen molar-refractivity contribution in [1.29, 1.82) is 0 Å². The largest absolute Gasteiger partial charge is 0.379 e. The molecule has 0 N–H and O–H groups in total. The van der Waals surface area contributed by atoms with Gasteiger partial charge in [-0.3, -0.25) is 4.90 Å². The smallest absolute Gasteiger partial charge is 0.0934 e. The lowest BCUT2D eigenvalue weighted by Crippen LogP contribution is -2.48. The van der Waals surface area contributed by atoms with E-state index in [-0.39, 0.29) is 6.10 Å². The number of allylic oxidation sites excluding steroid dienone is 8. The van der Waals surface area contributed by atoms with Gasteiger partial charge in [0.05, 0.1) is 12.7 Å². The van der Waals surface area contributed by atoms with Crippen LogP contribution in [-0.2, 0) is 9.47 Å². The molecule has 0 aromatic heterocycles. The molecule has 1 fully saturated rings. The Morgan fingerprint density at radius 1 is 0.479 bits per heavy atom. The van der Waals surface area contributed by atoms with Crippen LogP contribution in [0, 0.1) is 0 Å². The lowest BCUT2D eigenvalue weighted by atomic mass is 10.1. The Kier molecular flexibility index (Phi) is 34.6. The van der Waals surface area contributed by atoms with Crippen LogP contribution in [0.25, 0.3) is 0 Å². The normalized spacial score (nSPS) is 15.7. The van der Waals surface area contributed by atoms with Crippen LogP contribution in [-0.4, -0.2) is 75.5 Å². The van der Waals surface area contributed by atoms with Crippen molar-refractivity contribution in [2.45, 2.75) is 174 Å². The van der Waals surface area contributed by atoms with Crippen LogP contribution < -0.4 is 0 Å². The van der Waals surface area contributed by atoms with Crippen LogP contribution in [0.1, 0.15) is 168 Å². The standard InChI is InChI=1S/C44H82N2O2/c1-4-6-8-10-12-14-16-18-20-22-24-26-28-30-32-34-40-47-43-44(42-46-38-36-45(3)37-39-46)48-41-35-33-31-29-27-25-23-21-19-17-15-13-11-9-7-5-2/h12-15,18-21,44H,4-11,16-17,22-43H2,1-3H3/t44-/m0/s1. The molecule has 4 heteroatoms. The molecule has 0 amide bonds. The zero-order chi connectivity index (χ0) is 34.4. The number of nitrogens with zero attached hydrogens (tertiary/aromatic N) is 2. The van der Waals surface area contributed by atoms with E-state index in [9.17, 15) is 0 Å². The lowest BCUT2D eigenvalue weighted by Gasteiger charge is -2.34. The molecule has 48 heavy (non-hydrogen) atoms. The van der Waals surface area contributed by atoms with E-state index >= 15 is 0 Å². The first-order valence-electron chi connectivity index (χ1n) is 21.0. The summed E-state index contributed by atoms with van der Waals surface area (Å²) in [5.74, 6) is 0. The maximum absolute atomic E-state index is 6.42. The van der Waals surface area contributed by atoms with Gasteiger partial charge < -0.3 is 14.4 Å². The van der Waals surface area contributed by atoms with Gasteiger partial charge >= 0.3 is 0 Å². The van der Waals surface area contributed by atoms with Crippen molar-refractivity contribution in [3.63, 3.8) is 0 Å². The molecule has 1 aliphatic heterocycles. The molecule has 1 heterocycles. The first kappa shape index (κ1) is 44.8. The molecule has 0 radical (unpaired) electrons. The van der Waals surface area contributed by atoms with Crippen molar-refractivity contribution in [2.75, 3.05) is 59.6 Å². The number of piperazine rings is 1. The fourth-order valence-corrected chi connectivity index (χ4v) is 6.22. The van der Waals surface area contributed by atoms with Gasteiger partial charge in [0.15, 0.2) is 0 Å². The van der Waals surface area contributed by atoms with Crippen LogP contribution in [0.2, 0.25) is 0 Å². The molecule has 0 spiro atoms. The minimum Gasteiger partial charge on any atom is -0.379 e. The van der Waals surface area contributed by atoms with Crippen molar-refractivity contribution in [3.8, 4) is 0 Å². The van der Waals surface area contributed by atoms with Gasteiger partial charge in [0.25, 0.3) is 0 Å². The number of hydrogen-bond donors (Lipinski definition) is 0. The summed E-state index contributed by atoms with van der Waals surface area (Å²) < 4.78 is 12.6. The van der Waals surface area contributed by atoms with E-state index in [1.54, 1.807) is 0 Å². The predicted molar refractivity (Wildman–Crippen MR) is 213 cm³/mol. The van der Waals surface area contributed by atoms with E-state index in [2.05, 4.69) is 79.3 Å². The molecule has 0 unspecified atom stereocenters. The van der Waals surface area contributed by atoms with E-state index in [4.69, 9.17) is 9.47 Å². The van der Waals surface area contributed by atoms with Crippen LogP contribution >= 0.6 is 0 Å². The average Bonchev–Trinajstić information content (AvgIpc) is 3.09. The van der Waals surface area contributed by atoms with Crippen molar-refractivity contribution in [2.24, 2.45) is 0 Å². The quantitative estimate of drug-likeness (QED) is 0.0495. The fraction of sp³-hybridized carbons (Fsp3) is 0.818. The second-order valence-corrected chi connectivity index (χ2v) is 14.3. The summed E-state index contributed by atoms with van der Waals surface area (Å²) in [4.78, 5) is 5.01.